The predicted molar refractivity (Wildman–Crippen MR) is 104 cm³/mol. The molecule has 0 N–H and O–H groups in total. The lowest BCUT2D eigenvalue weighted by Crippen LogP contribution is -2.25. The summed E-state index contributed by atoms with van der Waals surface area (Å²) in [5, 5.41) is 0. The molecule has 0 saturated carbocycles. The fourth-order valence-electron chi connectivity index (χ4n) is 2.35. The minimum atomic E-state index is 1.01. The van der Waals surface area contributed by atoms with Crippen LogP contribution in [0.15, 0.2) is 48.8 Å². The van der Waals surface area contributed by atoms with E-state index >= 15 is 0 Å². The van der Waals surface area contributed by atoms with E-state index in [1.165, 1.54) is 22.4 Å². The third kappa shape index (κ3) is 4.82. The highest BCUT2D eigenvalue weighted by Gasteiger charge is 2.03. The van der Waals surface area contributed by atoms with Crippen molar-refractivity contribution < 1.29 is 0 Å². The first-order chi connectivity index (χ1) is 10.7. The summed E-state index contributed by atoms with van der Waals surface area (Å²) in [6.07, 6.45) is 5.86. The second-order valence-electron chi connectivity index (χ2n) is 5.07. The monoisotopic (exact) mass is 330 g/mol. The molecule has 2 aromatic rings. The average Bonchev–Trinajstić information content (AvgIpc) is 2.57. The van der Waals surface area contributed by atoms with Crippen LogP contribution < -0.4 is 4.90 Å². The van der Waals surface area contributed by atoms with E-state index in [1.807, 2.05) is 24.5 Å². The highest BCUT2D eigenvalue weighted by atomic mass is 33.1. The third-order valence-electron chi connectivity index (χ3n) is 3.61. The Morgan fingerprint density at radius 1 is 1.18 bits per heavy atom. The molecule has 2 rings (SSSR count). The summed E-state index contributed by atoms with van der Waals surface area (Å²) >= 11 is 4.21. The quantitative estimate of drug-likeness (QED) is 0.565. The van der Waals surface area contributed by atoms with Gasteiger partial charge in [0.2, 0.25) is 0 Å². The SMILES string of the molecule is CCN(CCSS)c1ccc(/C=C(\C)c2ccncc2)cc1. The number of allylic oxidation sites excluding steroid dienone is 1. The van der Waals surface area contributed by atoms with Crippen LogP contribution in [-0.4, -0.2) is 23.8 Å². The number of hydrogen-bond donors (Lipinski definition) is 1. The molecule has 0 amide bonds. The van der Waals surface area contributed by atoms with Crippen LogP contribution in [-0.2, 0) is 0 Å². The first-order valence-electron chi connectivity index (χ1n) is 7.44. The summed E-state index contributed by atoms with van der Waals surface area (Å²) in [5.74, 6) is 1.03. The normalized spacial score (nSPS) is 11.5. The Bertz CT molecular complexity index is 594. The van der Waals surface area contributed by atoms with Gasteiger partial charge in [-0.05, 0) is 54.8 Å². The van der Waals surface area contributed by atoms with Crippen LogP contribution in [0.1, 0.15) is 25.0 Å². The Morgan fingerprint density at radius 2 is 1.86 bits per heavy atom. The van der Waals surface area contributed by atoms with Crippen LogP contribution in [0.4, 0.5) is 5.69 Å². The van der Waals surface area contributed by atoms with E-state index in [4.69, 9.17) is 0 Å². The standard InChI is InChI=1S/C18H22N2S2/c1-3-20(12-13-22-21)18-6-4-16(5-7-18)14-15(2)17-8-10-19-11-9-17/h4-11,14,21H,3,12-13H2,1-2H3/b15-14+. The maximum absolute atomic E-state index is 4.21. The second-order valence-corrected chi connectivity index (χ2v) is 6.51. The smallest absolute Gasteiger partial charge is 0.0366 e. The van der Waals surface area contributed by atoms with Crippen LogP contribution >= 0.6 is 22.5 Å². The molecule has 1 heterocycles. The lowest BCUT2D eigenvalue weighted by molar-refractivity contribution is 0.873. The minimum Gasteiger partial charge on any atom is -0.371 e. The van der Waals surface area contributed by atoms with Crippen molar-refractivity contribution in [1.29, 1.82) is 0 Å². The molecular formula is C18H22N2S2. The van der Waals surface area contributed by atoms with Crippen molar-refractivity contribution in [2.75, 3.05) is 23.7 Å². The summed E-state index contributed by atoms with van der Waals surface area (Å²) < 4.78 is 0. The van der Waals surface area contributed by atoms with Crippen LogP contribution in [0.5, 0.6) is 0 Å². The molecule has 0 aliphatic carbocycles. The van der Waals surface area contributed by atoms with Gasteiger partial charge < -0.3 is 4.90 Å². The molecule has 0 aliphatic rings. The second kappa shape index (κ2) is 8.91. The molecule has 22 heavy (non-hydrogen) atoms. The fraction of sp³-hybridized carbons (Fsp3) is 0.278. The van der Waals surface area contributed by atoms with Crippen molar-refractivity contribution in [3.63, 3.8) is 0 Å². The number of thiol groups is 1. The molecule has 1 aromatic carbocycles. The number of aromatic nitrogens is 1. The summed E-state index contributed by atoms with van der Waals surface area (Å²) in [5.41, 5.74) is 4.94. The van der Waals surface area contributed by atoms with Crippen molar-refractivity contribution in [1.82, 2.24) is 4.98 Å². The lowest BCUT2D eigenvalue weighted by atomic mass is 10.1. The molecule has 0 aliphatic heterocycles. The van der Waals surface area contributed by atoms with Crippen molar-refractivity contribution in [3.05, 3.63) is 59.9 Å². The van der Waals surface area contributed by atoms with Crippen LogP contribution in [0.3, 0.4) is 0 Å². The predicted octanol–water partition coefficient (Wildman–Crippen LogP) is 5.05. The molecule has 0 spiro atoms. The molecule has 0 atom stereocenters. The molecule has 0 unspecified atom stereocenters. The summed E-state index contributed by atoms with van der Waals surface area (Å²) in [6, 6.07) is 12.8. The molecule has 0 bridgehead atoms. The number of nitrogens with zero attached hydrogens (tertiary/aromatic N) is 2. The molecule has 2 nitrogen and oxygen atoms in total. The van der Waals surface area contributed by atoms with Crippen LogP contribution in [0, 0.1) is 0 Å². The van der Waals surface area contributed by atoms with Gasteiger partial charge in [0.1, 0.15) is 0 Å². The van der Waals surface area contributed by atoms with Crippen LogP contribution in [0.2, 0.25) is 0 Å². The van der Waals surface area contributed by atoms with Gasteiger partial charge in [-0.3, -0.25) is 4.98 Å². The molecule has 4 heteroatoms. The highest BCUT2D eigenvalue weighted by Crippen LogP contribution is 2.20. The van der Waals surface area contributed by atoms with Crippen LogP contribution in [0.25, 0.3) is 11.6 Å². The molecular weight excluding hydrogens is 308 g/mol. The van der Waals surface area contributed by atoms with E-state index in [-0.39, 0.29) is 0 Å². The van der Waals surface area contributed by atoms with Gasteiger partial charge in [0.05, 0.1) is 0 Å². The Hall–Kier alpha value is -1.39. The number of anilines is 1. The molecule has 0 fully saturated rings. The Labute approximate surface area is 142 Å². The average molecular weight is 331 g/mol. The number of rotatable bonds is 7. The fourth-order valence-corrected chi connectivity index (χ4v) is 2.90. The van der Waals surface area contributed by atoms with Gasteiger partial charge in [-0.2, -0.15) is 0 Å². The Balaban J connectivity index is 2.11. The van der Waals surface area contributed by atoms with E-state index in [9.17, 15) is 0 Å². The van der Waals surface area contributed by atoms with E-state index in [2.05, 4.69) is 65.7 Å². The number of pyridine rings is 1. The molecule has 116 valence electrons. The topological polar surface area (TPSA) is 16.1 Å². The number of hydrogen-bond acceptors (Lipinski definition) is 4. The number of benzene rings is 1. The van der Waals surface area contributed by atoms with Crippen molar-refractivity contribution >= 4 is 39.8 Å². The summed E-state index contributed by atoms with van der Waals surface area (Å²) in [4.78, 5) is 6.43. The maximum Gasteiger partial charge on any atom is 0.0366 e. The van der Waals surface area contributed by atoms with Crippen molar-refractivity contribution in [3.8, 4) is 0 Å². The zero-order valence-electron chi connectivity index (χ0n) is 13.1. The van der Waals surface area contributed by atoms with Gasteiger partial charge in [-0.1, -0.05) is 29.0 Å². The highest BCUT2D eigenvalue weighted by molar-refractivity contribution is 8.68. The van der Waals surface area contributed by atoms with E-state index in [0.29, 0.717) is 0 Å². The minimum absolute atomic E-state index is 1.01. The van der Waals surface area contributed by atoms with Gasteiger partial charge in [-0.15, -0.1) is 11.7 Å². The largest absolute Gasteiger partial charge is 0.371 e. The van der Waals surface area contributed by atoms with Gasteiger partial charge in [0.25, 0.3) is 0 Å². The van der Waals surface area contributed by atoms with E-state index < -0.39 is 0 Å². The summed E-state index contributed by atoms with van der Waals surface area (Å²) in [7, 11) is 1.59. The van der Waals surface area contributed by atoms with Gasteiger partial charge in [0, 0.05) is 36.9 Å². The van der Waals surface area contributed by atoms with Crippen molar-refractivity contribution in [2.24, 2.45) is 0 Å². The third-order valence-corrected chi connectivity index (χ3v) is 4.52. The molecule has 1 aromatic heterocycles. The van der Waals surface area contributed by atoms with Crippen molar-refractivity contribution in [2.45, 2.75) is 13.8 Å². The van der Waals surface area contributed by atoms with E-state index in [0.717, 1.165) is 18.8 Å². The van der Waals surface area contributed by atoms with Gasteiger partial charge >= 0.3 is 0 Å². The Kier molecular flexibility index (Phi) is 6.87. The van der Waals surface area contributed by atoms with Gasteiger partial charge in [0.15, 0.2) is 0 Å². The van der Waals surface area contributed by atoms with E-state index in [1.54, 1.807) is 10.8 Å². The maximum atomic E-state index is 4.21. The zero-order chi connectivity index (χ0) is 15.8. The first-order valence-corrected chi connectivity index (χ1v) is 9.48. The van der Waals surface area contributed by atoms with Gasteiger partial charge in [-0.25, -0.2) is 0 Å². The lowest BCUT2D eigenvalue weighted by Gasteiger charge is -2.22. The summed E-state index contributed by atoms with van der Waals surface area (Å²) in [6.45, 7) is 6.35. The molecule has 0 radical (unpaired) electrons. The first kappa shape index (κ1) is 17.0. The molecule has 0 saturated heterocycles. The zero-order valence-corrected chi connectivity index (χ0v) is 14.8. The Morgan fingerprint density at radius 3 is 2.45 bits per heavy atom.